The van der Waals surface area contributed by atoms with Crippen LogP contribution in [-0.2, 0) is 10.1 Å². The quantitative estimate of drug-likeness (QED) is 0.543. The zero-order valence-corrected chi connectivity index (χ0v) is 7.73. The van der Waals surface area contributed by atoms with Crippen LogP contribution in [0.2, 0.25) is 0 Å². The van der Waals surface area contributed by atoms with Crippen molar-refractivity contribution < 1.29 is 26.9 Å². The van der Waals surface area contributed by atoms with Crippen molar-refractivity contribution >= 4 is 21.2 Å². The molecule has 0 radical (unpaired) electrons. The van der Waals surface area contributed by atoms with Gasteiger partial charge in [0.1, 0.15) is 4.90 Å². The Morgan fingerprint density at radius 1 is 1.53 bits per heavy atom. The van der Waals surface area contributed by atoms with Crippen molar-refractivity contribution in [2.75, 3.05) is 0 Å². The number of benzene rings is 1. The number of halogens is 1. The van der Waals surface area contributed by atoms with Gasteiger partial charge in [-0.15, -0.1) is 0 Å². The summed E-state index contributed by atoms with van der Waals surface area (Å²) in [6.07, 6.45) is 0. The van der Waals surface area contributed by atoms with Crippen LogP contribution in [0.15, 0.2) is 21.7 Å². The Kier molecular flexibility index (Phi) is 1.88. The lowest BCUT2D eigenvalue weighted by Gasteiger charge is -1.96. The topological polar surface area (TPSA) is 107 Å². The minimum absolute atomic E-state index is 0.290. The molecule has 1 aromatic heterocycles. The average Bonchev–Trinajstić information content (AvgIpc) is 2.48. The molecule has 0 aliphatic rings. The molecule has 0 aliphatic heterocycles. The number of hydrogen-bond donors (Lipinski definition) is 1. The van der Waals surface area contributed by atoms with E-state index in [1.54, 1.807) is 0 Å². The van der Waals surface area contributed by atoms with Crippen LogP contribution >= 0.6 is 0 Å². The lowest BCUT2D eigenvalue weighted by atomic mass is 10.3. The molecule has 0 fully saturated rings. The highest BCUT2D eigenvalue weighted by Crippen LogP contribution is 2.20. The van der Waals surface area contributed by atoms with E-state index in [-0.39, 0.29) is 4.90 Å². The molecule has 1 N–H and O–H groups in total. The molecule has 7 nitrogen and oxygen atoms in total. The van der Waals surface area contributed by atoms with Crippen LogP contribution in [0, 0.1) is 11.0 Å². The van der Waals surface area contributed by atoms with Crippen LogP contribution in [-0.4, -0.2) is 18.1 Å². The summed E-state index contributed by atoms with van der Waals surface area (Å²) in [5.41, 5.74) is -1.22. The molecule has 9 heteroatoms. The van der Waals surface area contributed by atoms with Gasteiger partial charge in [-0.1, -0.05) is 0 Å². The van der Waals surface area contributed by atoms with Crippen LogP contribution in [0.3, 0.4) is 0 Å². The van der Waals surface area contributed by atoms with Gasteiger partial charge in [-0.3, -0.25) is 9.18 Å². The number of nitrogens with zero attached hydrogens (tertiary/aromatic N) is 2. The highest BCUT2D eigenvalue weighted by molar-refractivity contribution is 7.86. The molecule has 0 bridgehead atoms. The molecule has 1 aromatic carbocycles. The van der Waals surface area contributed by atoms with Crippen molar-refractivity contribution in [2.45, 2.75) is 4.90 Å². The Bertz CT molecular complexity index is 634. The summed E-state index contributed by atoms with van der Waals surface area (Å²) >= 11 is 0. The number of aromatic nitrogens is 2. The van der Waals surface area contributed by atoms with E-state index in [0.29, 0.717) is 0 Å². The van der Waals surface area contributed by atoms with Crippen LogP contribution in [0.4, 0.5) is 4.39 Å². The Hall–Kier alpha value is -1.74. The van der Waals surface area contributed by atoms with Gasteiger partial charge >= 0.3 is 0 Å². The number of rotatable bonds is 1. The third-order valence-electron chi connectivity index (χ3n) is 1.73. The van der Waals surface area contributed by atoms with Crippen LogP contribution in [0.5, 0.6) is 0 Å². The van der Waals surface area contributed by atoms with Crippen LogP contribution in [0.25, 0.3) is 11.0 Å². The Balaban J connectivity index is 3.00. The molecule has 1 heterocycles. The molecule has 0 aliphatic carbocycles. The zero-order valence-electron chi connectivity index (χ0n) is 6.92. The van der Waals surface area contributed by atoms with Gasteiger partial charge < -0.3 is 5.21 Å². The van der Waals surface area contributed by atoms with E-state index in [9.17, 15) is 18.0 Å². The van der Waals surface area contributed by atoms with Gasteiger partial charge in [-0.2, -0.15) is 8.42 Å². The van der Waals surface area contributed by atoms with Crippen molar-refractivity contribution in [1.82, 2.24) is 5.16 Å². The van der Waals surface area contributed by atoms with Crippen molar-refractivity contribution in [3.8, 4) is 0 Å². The van der Waals surface area contributed by atoms with Crippen molar-refractivity contribution in [3.05, 3.63) is 23.2 Å². The van der Waals surface area contributed by atoms with Gasteiger partial charge in [0.05, 0.1) is 0 Å². The number of fused-ring (bicyclic) bond motifs is 1. The predicted octanol–water partition coefficient (Wildman–Crippen LogP) is -0.153. The fraction of sp³-hybridized carbons (Fsp3) is 0. The fourth-order valence-corrected chi connectivity index (χ4v) is 1.78. The summed E-state index contributed by atoms with van der Waals surface area (Å²) in [6, 6.07) is 1.51. The van der Waals surface area contributed by atoms with E-state index in [0.717, 1.165) is 12.1 Å². The second kappa shape index (κ2) is 2.87. The van der Waals surface area contributed by atoms with Crippen LogP contribution < -0.4 is 4.90 Å². The molecule has 0 atom stereocenters. The SMILES string of the molecule is O=S(=O)(O)c1ccc(F)c2no[n+]([O-])c12. The van der Waals surface area contributed by atoms with E-state index in [4.69, 9.17) is 4.55 Å². The van der Waals surface area contributed by atoms with Crippen LogP contribution in [0.1, 0.15) is 0 Å². The van der Waals surface area contributed by atoms with E-state index in [1.165, 1.54) is 0 Å². The third-order valence-corrected chi connectivity index (χ3v) is 2.62. The lowest BCUT2D eigenvalue weighted by Crippen LogP contribution is -2.24. The van der Waals surface area contributed by atoms with Crippen molar-refractivity contribution in [1.29, 1.82) is 0 Å². The average molecular weight is 234 g/mol. The second-order valence-electron chi connectivity index (χ2n) is 2.65. The lowest BCUT2D eigenvalue weighted by molar-refractivity contribution is -0.783. The molecule has 0 unspecified atom stereocenters. The van der Waals surface area contributed by atoms with Gasteiger partial charge in [0, 0.05) is 5.16 Å². The second-order valence-corrected chi connectivity index (χ2v) is 4.04. The summed E-state index contributed by atoms with van der Waals surface area (Å²) in [5, 5.41) is 14.0. The molecule has 2 rings (SSSR count). The zero-order chi connectivity index (χ0) is 11.2. The maximum atomic E-state index is 13.0. The maximum Gasteiger partial charge on any atom is 0.299 e. The molecule has 0 spiro atoms. The van der Waals surface area contributed by atoms with Gasteiger partial charge in [0.2, 0.25) is 5.52 Å². The van der Waals surface area contributed by atoms with E-state index in [1.807, 2.05) is 0 Å². The Morgan fingerprint density at radius 2 is 2.20 bits per heavy atom. The van der Waals surface area contributed by atoms with Gasteiger partial charge in [0.25, 0.3) is 15.6 Å². The molecule has 15 heavy (non-hydrogen) atoms. The minimum Gasteiger partial charge on any atom is -0.359 e. The number of hydrogen-bond acceptors (Lipinski definition) is 5. The first-order chi connectivity index (χ1) is 6.91. The first-order valence-corrected chi connectivity index (χ1v) is 5.00. The largest absolute Gasteiger partial charge is 0.359 e. The highest BCUT2D eigenvalue weighted by Gasteiger charge is 2.25. The maximum absolute atomic E-state index is 13.0. The molecule has 2 aromatic rings. The predicted molar refractivity (Wildman–Crippen MR) is 42.7 cm³/mol. The third kappa shape index (κ3) is 1.41. The molecule has 0 saturated heterocycles. The molecular formula is C6H3FN2O5S. The van der Waals surface area contributed by atoms with E-state index >= 15 is 0 Å². The normalized spacial score (nSPS) is 12.1. The molecular weight excluding hydrogens is 231 g/mol. The highest BCUT2D eigenvalue weighted by atomic mass is 32.2. The summed E-state index contributed by atoms with van der Waals surface area (Å²) in [4.78, 5) is -1.04. The van der Waals surface area contributed by atoms with E-state index < -0.39 is 31.9 Å². The Morgan fingerprint density at radius 3 is 2.80 bits per heavy atom. The van der Waals surface area contributed by atoms with Gasteiger partial charge in [-0.05, 0) is 17.0 Å². The molecule has 0 amide bonds. The standard InChI is InChI=1S/C6H3FN2O5S/c7-3-1-2-4(15(11,12)13)6-5(3)8-14-9(6)10/h1-2H,(H,11,12,13). The minimum atomic E-state index is -4.63. The summed E-state index contributed by atoms with van der Waals surface area (Å²) in [7, 11) is -4.63. The first kappa shape index (κ1) is 9.80. The Labute approximate surface area is 82.0 Å². The van der Waals surface area contributed by atoms with Gasteiger partial charge in [0.15, 0.2) is 5.82 Å². The summed E-state index contributed by atoms with van der Waals surface area (Å²) in [5.74, 6) is -0.921. The monoisotopic (exact) mass is 234 g/mol. The molecule has 80 valence electrons. The van der Waals surface area contributed by atoms with Crippen molar-refractivity contribution in [2.24, 2.45) is 0 Å². The van der Waals surface area contributed by atoms with E-state index in [2.05, 4.69) is 9.79 Å². The van der Waals surface area contributed by atoms with Gasteiger partial charge in [-0.25, -0.2) is 4.39 Å². The summed E-state index contributed by atoms with van der Waals surface area (Å²) < 4.78 is 47.4. The smallest absolute Gasteiger partial charge is 0.299 e. The first-order valence-electron chi connectivity index (χ1n) is 3.56. The summed E-state index contributed by atoms with van der Waals surface area (Å²) in [6.45, 7) is 0. The van der Waals surface area contributed by atoms with Crippen molar-refractivity contribution in [3.63, 3.8) is 0 Å². The fourth-order valence-electron chi connectivity index (χ4n) is 1.13. The molecule has 0 saturated carbocycles.